The van der Waals surface area contributed by atoms with Gasteiger partial charge < -0.3 is 0 Å². The van der Waals surface area contributed by atoms with Crippen molar-refractivity contribution in [2.45, 2.75) is 91.9 Å². The maximum absolute atomic E-state index is 2.68. The van der Waals surface area contributed by atoms with Crippen LogP contribution in [0.3, 0.4) is 0 Å². The molecule has 124 valence electrons. The summed E-state index contributed by atoms with van der Waals surface area (Å²) in [6.07, 6.45) is 15.0. The summed E-state index contributed by atoms with van der Waals surface area (Å²) in [5.41, 5.74) is 4.99. The van der Waals surface area contributed by atoms with Crippen LogP contribution >= 0.6 is 0 Å². The summed E-state index contributed by atoms with van der Waals surface area (Å²) in [7, 11) is 0. The van der Waals surface area contributed by atoms with E-state index < -0.39 is 0 Å². The van der Waals surface area contributed by atoms with Crippen molar-refractivity contribution < 1.29 is 0 Å². The molecule has 0 spiro atoms. The van der Waals surface area contributed by atoms with E-state index in [9.17, 15) is 0 Å². The smallest absolute Gasteiger partial charge is 0.00823 e. The van der Waals surface area contributed by atoms with Crippen molar-refractivity contribution in [3.8, 4) is 0 Å². The van der Waals surface area contributed by atoms with E-state index in [1.54, 1.807) is 12.8 Å². The summed E-state index contributed by atoms with van der Waals surface area (Å²) in [5.74, 6) is 4.00. The predicted molar refractivity (Wildman–Crippen MR) is 94.7 cm³/mol. The van der Waals surface area contributed by atoms with Gasteiger partial charge in [-0.05, 0) is 79.4 Å². The summed E-state index contributed by atoms with van der Waals surface area (Å²) in [5, 5.41) is 0. The Morgan fingerprint density at radius 3 is 2.41 bits per heavy atom. The van der Waals surface area contributed by atoms with E-state index in [0.717, 1.165) is 23.7 Å². The van der Waals surface area contributed by atoms with E-state index in [0.29, 0.717) is 10.8 Å². The molecule has 0 radical (unpaired) electrons. The fraction of sp³-hybridized carbons (Fsp3) is 0.909. The molecule has 0 unspecified atom stereocenters. The number of hydrogen-bond donors (Lipinski definition) is 0. The summed E-state index contributed by atoms with van der Waals surface area (Å²) < 4.78 is 0. The molecule has 0 aromatic carbocycles. The molecule has 5 atom stereocenters. The highest BCUT2D eigenvalue weighted by molar-refractivity contribution is 5.36. The molecule has 0 aliphatic heterocycles. The van der Waals surface area contributed by atoms with Crippen molar-refractivity contribution in [2.24, 2.45) is 34.5 Å². The second-order valence-corrected chi connectivity index (χ2v) is 9.84. The van der Waals surface area contributed by atoms with Crippen molar-refractivity contribution in [1.82, 2.24) is 0 Å². The van der Waals surface area contributed by atoms with Crippen LogP contribution in [0.25, 0.3) is 0 Å². The Hall–Kier alpha value is -0.260. The van der Waals surface area contributed by atoms with Gasteiger partial charge in [0.05, 0.1) is 0 Å². The topological polar surface area (TPSA) is 0 Å². The minimum atomic E-state index is 0.521. The molecule has 4 rings (SSSR count). The van der Waals surface area contributed by atoms with E-state index >= 15 is 0 Å². The molecular formula is C22H36. The number of rotatable bonds is 1. The zero-order chi connectivity index (χ0) is 15.5. The van der Waals surface area contributed by atoms with Gasteiger partial charge in [-0.15, -0.1) is 0 Å². The van der Waals surface area contributed by atoms with E-state index in [4.69, 9.17) is 0 Å². The Morgan fingerprint density at radius 1 is 0.864 bits per heavy atom. The monoisotopic (exact) mass is 300 g/mol. The Morgan fingerprint density at radius 2 is 1.64 bits per heavy atom. The van der Waals surface area contributed by atoms with Gasteiger partial charge in [-0.25, -0.2) is 0 Å². The van der Waals surface area contributed by atoms with Gasteiger partial charge >= 0.3 is 0 Å². The van der Waals surface area contributed by atoms with E-state index in [1.807, 2.05) is 11.1 Å². The molecule has 0 saturated heterocycles. The average molecular weight is 301 g/mol. The van der Waals surface area contributed by atoms with Gasteiger partial charge in [-0.3, -0.25) is 0 Å². The van der Waals surface area contributed by atoms with Crippen LogP contribution in [-0.2, 0) is 0 Å². The van der Waals surface area contributed by atoms with Crippen molar-refractivity contribution >= 4 is 0 Å². The van der Waals surface area contributed by atoms with Crippen LogP contribution < -0.4 is 0 Å². The second kappa shape index (κ2) is 5.12. The molecule has 0 aromatic heterocycles. The molecule has 2 fully saturated rings. The lowest BCUT2D eigenvalue weighted by atomic mass is 9.49. The highest BCUT2D eigenvalue weighted by atomic mass is 14.6. The summed E-state index contributed by atoms with van der Waals surface area (Å²) >= 11 is 0. The van der Waals surface area contributed by atoms with Crippen LogP contribution in [-0.4, -0.2) is 0 Å². The first kappa shape index (κ1) is 15.3. The molecule has 0 N–H and O–H groups in total. The molecule has 4 aliphatic rings. The Balaban J connectivity index is 1.71. The van der Waals surface area contributed by atoms with Gasteiger partial charge in [0, 0.05) is 0 Å². The third-order valence-electron chi connectivity index (χ3n) is 8.95. The quantitative estimate of drug-likeness (QED) is 0.469. The molecule has 2 saturated carbocycles. The third-order valence-corrected chi connectivity index (χ3v) is 8.95. The van der Waals surface area contributed by atoms with Crippen LogP contribution in [0.1, 0.15) is 91.9 Å². The highest BCUT2D eigenvalue weighted by Gasteiger charge is 2.54. The number of hydrogen-bond acceptors (Lipinski definition) is 0. The largest absolute Gasteiger partial charge is 0.0642 e. The molecule has 0 heterocycles. The minimum Gasteiger partial charge on any atom is -0.0642 e. The standard InChI is InChI=1S/C22H36/c1-15(2)21(3)14-12-20-19(21)10-9-18-17-8-6-5-7-16(17)11-13-22(18,20)4/h15-18H,5-14H2,1-4H3/t16-,17+,18-,21+,22-/m1/s1. The van der Waals surface area contributed by atoms with Crippen LogP contribution in [0.15, 0.2) is 11.1 Å². The molecule has 4 aliphatic carbocycles. The van der Waals surface area contributed by atoms with Crippen molar-refractivity contribution in [3.63, 3.8) is 0 Å². The summed E-state index contributed by atoms with van der Waals surface area (Å²) in [4.78, 5) is 0. The van der Waals surface area contributed by atoms with Crippen LogP contribution in [0.2, 0.25) is 0 Å². The predicted octanol–water partition coefficient (Wildman–Crippen LogP) is 6.76. The van der Waals surface area contributed by atoms with Crippen LogP contribution in [0.4, 0.5) is 0 Å². The Labute approximate surface area is 138 Å². The summed E-state index contributed by atoms with van der Waals surface area (Å²) in [6, 6.07) is 0. The molecule has 0 amide bonds. The fourth-order valence-corrected chi connectivity index (χ4v) is 7.21. The highest BCUT2D eigenvalue weighted by Crippen LogP contribution is 2.65. The average Bonchev–Trinajstić information content (AvgIpc) is 2.87. The first-order valence-electron chi connectivity index (χ1n) is 10.2. The number of allylic oxidation sites excluding steroid dienone is 2. The lowest BCUT2D eigenvalue weighted by Gasteiger charge is -2.55. The van der Waals surface area contributed by atoms with Gasteiger partial charge in [-0.1, -0.05) is 58.1 Å². The maximum atomic E-state index is 2.68. The zero-order valence-electron chi connectivity index (χ0n) is 15.4. The Bertz CT molecular complexity index is 484. The SMILES string of the molecule is CC(C)[C@]1(C)CCC2=C1CC[C@@H]1[C@H]3CCCC[C@@H]3CC[C@@]21C. The van der Waals surface area contributed by atoms with Gasteiger partial charge in [0.25, 0.3) is 0 Å². The first-order chi connectivity index (χ1) is 10.5. The normalized spacial score (nSPS) is 48.1. The van der Waals surface area contributed by atoms with Crippen LogP contribution in [0, 0.1) is 34.5 Å². The maximum Gasteiger partial charge on any atom is -0.00823 e. The second-order valence-electron chi connectivity index (χ2n) is 9.84. The third kappa shape index (κ3) is 1.94. The lowest BCUT2D eigenvalue weighted by Crippen LogP contribution is -2.46. The van der Waals surface area contributed by atoms with E-state index in [-0.39, 0.29) is 0 Å². The molecular weight excluding hydrogens is 264 g/mol. The molecule has 0 nitrogen and oxygen atoms in total. The van der Waals surface area contributed by atoms with E-state index in [2.05, 4.69) is 27.7 Å². The summed E-state index contributed by atoms with van der Waals surface area (Å²) in [6.45, 7) is 10.2. The molecule has 0 aromatic rings. The van der Waals surface area contributed by atoms with Gasteiger partial charge in [0.1, 0.15) is 0 Å². The lowest BCUT2D eigenvalue weighted by molar-refractivity contribution is 0.00138. The fourth-order valence-electron chi connectivity index (χ4n) is 7.21. The first-order valence-corrected chi connectivity index (χ1v) is 10.2. The zero-order valence-corrected chi connectivity index (χ0v) is 15.4. The van der Waals surface area contributed by atoms with Gasteiger partial charge in [0.2, 0.25) is 0 Å². The van der Waals surface area contributed by atoms with Crippen molar-refractivity contribution in [2.75, 3.05) is 0 Å². The minimum absolute atomic E-state index is 0.521. The van der Waals surface area contributed by atoms with Crippen molar-refractivity contribution in [1.29, 1.82) is 0 Å². The van der Waals surface area contributed by atoms with Crippen LogP contribution in [0.5, 0.6) is 0 Å². The Kier molecular flexibility index (Phi) is 3.55. The number of fused-ring (bicyclic) bond motifs is 4. The molecule has 22 heavy (non-hydrogen) atoms. The molecule has 0 heteroatoms. The van der Waals surface area contributed by atoms with Crippen molar-refractivity contribution in [3.05, 3.63) is 11.1 Å². The van der Waals surface area contributed by atoms with Gasteiger partial charge in [-0.2, -0.15) is 0 Å². The molecule has 0 bridgehead atoms. The van der Waals surface area contributed by atoms with Gasteiger partial charge in [0.15, 0.2) is 0 Å². The van der Waals surface area contributed by atoms with E-state index in [1.165, 1.54) is 51.4 Å².